The van der Waals surface area contributed by atoms with Crippen LogP contribution in [0, 0.1) is 0 Å². The van der Waals surface area contributed by atoms with Crippen molar-refractivity contribution in [3.63, 3.8) is 0 Å². The van der Waals surface area contributed by atoms with Crippen LogP contribution in [0.25, 0.3) is 0 Å². The van der Waals surface area contributed by atoms with Crippen molar-refractivity contribution in [2.24, 2.45) is 5.73 Å². The number of hydrogen-bond donors (Lipinski definition) is 3. The molecule has 0 aliphatic carbocycles. The Morgan fingerprint density at radius 3 is 2.47 bits per heavy atom. The van der Waals surface area contributed by atoms with E-state index in [4.69, 9.17) is 5.73 Å². The van der Waals surface area contributed by atoms with Crippen molar-refractivity contribution < 1.29 is 0 Å². The van der Waals surface area contributed by atoms with Crippen molar-refractivity contribution in [2.45, 2.75) is 25.8 Å². The van der Waals surface area contributed by atoms with E-state index in [9.17, 15) is 0 Å². The lowest BCUT2D eigenvalue weighted by molar-refractivity contribution is 0.536. The second-order valence-electron chi connectivity index (χ2n) is 4.33. The van der Waals surface area contributed by atoms with E-state index in [1.165, 1.54) is 5.56 Å². The van der Waals surface area contributed by atoms with Gasteiger partial charge < -0.3 is 16.4 Å². The third kappa shape index (κ3) is 6.41. The first-order valence-corrected chi connectivity index (χ1v) is 6.53. The van der Waals surface area contributed by atoms with Gasteiger partial charge in [-0.15, -0.1) is 0 Å². The standard InChI is InChI=1S/C14H25N3/c1-13(14-7-3-2-4-8-14)17-12-6-11-16-10-5-9-15/h2-4,7-8,13,16-17H,5-6,9-12,15H2,1H3. The molecule has 17 heavy (non-hydrogen) atoms. The molecular formula is C14H25N3. The van der Waals surface area contributed by atoms with Crippen LogP contribution in [0.3, 0.4) is 0 Å². The highest BCUT2D eigenvalue weighted by Crippen LogP contribution is 2.10. The van der Waals surface area contributed by atoms with E-state index in [0.717, 1.165) is 39.0 Å². The number of nitrogens with one attached hydrogen (secondary N) is 2. The Labute approximate surface area is 105 Å². The minimum atomic E-state index is 0.431. The topological polar surface area (TPSA) is 50.1 Å². The Balaban J connectivity index is 2.03. The van der Waals surface area contributed by atoms with Gasteiger partial charge in [0.15, 0.2) is 0 Å². The van der Waals surface area contributed by atoms with Gasteiger partial charge in [-0.1, -0.05) is 30.3 Å². The van der Waals surface area contributed by atoms with Crippen LogP contribution in [-0.2, 0) is 0 Å². The summed E-state index contributed by atoms with van der Waals surface area (Å²) in [5.74, 6) is 0. The van der Waals surface area contributed by atoms with Gasteiger partial charge in [-0.3, -0.25) is 0 Å². The maximum atomic E-state index is 5.42. The highest BCUT2D eigenvalue weighted by atomic mass is 14.9. The van der Waals surface area contributed by atoms with Gasteiger partial charge in [0.1, 0.15) is 0 Å². The van der Waals surface area contributed by atoms with E-state index in [2.05, 4.69) is 47.9 Å². The summed E-state index contributed by atoms with van der Waals surface area (Å²) in [5, 5.41) is 6.90. The molecule has 0 amide bonds. The molecule has 4 N–H and O–H groups in total. The molecule has 1 rings (SSSR count). The van der Waals surface area contributed by atoms with Gasteiger partial charge in [0, 0.05) is 6.04 Å². The number of nitrogens with two attached hydrogens (primary N) is 1. The quantitative estimate of drug-likeness (QED) is 0.571. The molecule has 0 fully saturated rings. The Morgan fingerprint density at radius 2 is 1.76 bits per heavy atom. The van der Waals surface area contributed by atoms with Gasteiger partial charge in [0.25, 0.3) is 0 Å². The van der Waals surface area contributed by atoms with Crippen LogP contribution in [0.2, 0.25) is 0 Å². The van der Waals surface area contributed by atoms with E-state index in [-0.39, 0.29) is 0 Å². The second-order valence-corrected chi connectivity index (χ2v) is 4.33. The SMILES string of the molecule is CC(NCCCNCCCN)c1ccccc1. The summed E-state index contributed by atoms with van der Waals surface area (Å²) in [7, 11) is 0. The Kier molecular flexibility index (Phi) is 7.63. The first kappa shape index (κ1) is 14.2. The summed E-state index contributed by atoms with van der Waals surface area (Å²) < 4.78 is 0. The molecule has 0 heterocycles. The van der Waals surface area contributed by atoms with Gasteiger partial charge in [-0.05, 0) is 51.5 Å². The van der Waals surface area contributed by atoms with Crippen LogP contribution in [0.5, 0.6) is 0 Å². The summed E-state index contributed by atoms with van der Waals surface area (Å²) in [4.78, 5) is 0. The zero-order valence-electron chi connectivity index (χ0n) is 10.8. The number of benzene rings is 1. The van der Waals surface area contributed by atoms with E-state index < -0.39 is 0 Å². The molecule has 0 bridgehead atoms. The van der Waals surface area contributed by atoms with Crippen LogP contribution in [0.4, 0.5) is 0 Å². The molecule has 0 saturated heterocycles. The molecule has 1 unspecified atom stereocenters. The summed E-state index contributed by atoms with van der Waals surface area (Å²) >= 11 is 0. The normalized spacial score (nSPS) is 12.6. The van der Waals surface area contributed by atoms with Gasteiger partial charge >= 0.3 is 0 Å². The number of hydrogen-bond acceptors (Lipinski definition) is 3. The lowest BCUT2D eigenvalue weighted by atomic mass is 10.1. The van der Waals surface area contributed by atoms with Crippen LogP contribution >= 0.6 is 0 Å². The fourth-order valence-electron chi connectivity index (χ4n) is 1.74. The van der Waals surface area contributed by atoms with E-state index >= 15 is 0 Å². The predicted octanol–water partition coefficient (Wildman–Crippen LogP) is 1.67. The lowest BCUT2D eigenvalue weighted by Gasteiger charge is -2.14. The smallest absolute Gasteiger partial charge is 0.0291 e. The van der Waals surface area contributed by atoms with E-state index in [1.54, 1.807) is 0 Å². The Bertz CT molecular complexity index is 274. The van der Waals surface area contributed by atoms with E-state index in [1.807, 2.05) is 0 Å². The minimum Gasteiger partial charge on any atom is -0.330 e. The van der Waals surface area contributed by atoms with Gasteiger partial charge in [-0.25, -0.2) is 0 Å². The third-order valence-electron chi connectivity index (χ3n) is 2.84. The molecule has 3 heteroatoms. The Hall–Kier alpha value is -0.900. The van der Waals surface area contributed by atoms with Crippen LogP contribution in [0.15, 0.2) is 30.3 Å². The number of rotatable bonds is 9. The fourth-order valence-corrected chi connectivity index (χ4v) is 1.74. The van der Waals surface area contributed by atoms with Crippen molar-refractivity contribution in [2.75, 3.05) is 26.2 Å². The fraction of sp³-hybridized carbons (Fsp3) is 0.571. The molecule has 0 aliphatic rings. The highest BCUT2D eigenvalue weighted by Gasteiger charge is 2.02. The molecule has 0 aromatic heterocycles. The maximum Gasteiger partial charge on any atom is 0.0291 e. The van der Waals surface area contributed by atoms with Crippen LogP contribution in [0.1, 0.15) is 31.4 Å². The second kappa shape index (κ2) is 9.16. The minimum absolute atomic E-state index is 0.431. The third-order valence-corrected chi connectivity index (χ3v) is 2.84. The zero-order chi connectivity index (χ0) is 12.3. The molecule has 1 aromatic rings. The van der Waals surface area contributed by atoms with Crippen molar-refractivity contribution in [3.05, 3.63) is 35.9 Å². The first-order chi connectivity index (χ1) is 8.34. The van der Waals surface area contributed by atoms with Crippen molar-refractivity contribution in [3.8, 4) is 0 Å². The molecular weight excluding hydrogens is 210 g/mol. The highest BCUT2D eigenvalue weighted by molar-refractivity contribution is 5.17. The van der Waals surface area contributed by atoms with Crippen LogP contribution < -0.4 is 16.4 Å². The monoisotopic (exact) mass is 235 g/mol. The average Bonchev–Trinajstić information content (AvgIpc) is 2.38. The Morgan fingerprint density at radius 1 is 1.06 bits per heavy atom. The van der Waals surface area contributed by atoms with Crippen molar-refractivity contribution in [1.29, 1.82) is 0 Å². The molecule has 0 spiro atoms. The van der Waals surface area contributed by atoms with Gasteiger partial charge in [-0.2, -0.15) is 0 Å². The molecule has 0 saturated carbocycles. The predicted molar refractivity (Wildman–Crippen MR) is 74.0 cm³/mol. The molecule has 3 nitrogen and oxygen atoms in total. The first-order valence-electron chi connectivity index (χ1n) is 6.53. The molecule has 1 atom stereocenters. The molecule has 96 valence electrons. The largest absolute Gasteiger partial charge is 0.330 e. The van der Waals surface area contributed by atoms with Gasteiger partial charge in [0.2, 0.25) is 0 Å². The maximum absolute atomic E-state index is 5.42. The summed E-state index contributed by atoms with van der Waals surface area (Å²) in [6, 6.07) is 11.0. The summed E-state index contributed by atoms with van der Waals surface area (Å²) in [6.45, 7) is 6.12. The average molecular weight is 235 g/mol. The van der Waals surface area contributed by atoms with Crippen molar-refractivity contribution in [1.82, 2.24) is 10.6 Å². The lowest BCUT2D eigenvalue weighted by Crippen LogP contribution is -2.25. The van der Waals surface area contributed by atoms with Crippen LogP contribution in [-0.4, -0.2) is 26.2 Å². The molecule has 1 aromatic carbocycles. The molecule has 0 aliphatic heterocycles. The summed E-state index contributed by atoms with van der Waals surface area (Å²) in [6.07, 6.45) is 2.22. The zero-order valence-corrected chi connectivity index (χ0v) is 10.8. The van der Waals surface area contributed by atoms with Gasteiger partial charge in [0.05, 0.1) is 0 Å². The molecule has 0 radical (unpaired) electrons. The van der Waals surface area contributed by atoms with E-state index in [0.29, 0.717) is 6.04 Å². The van der Waals surface area contributed by atoms with Crippen molar-refractivity contribution >= 4 is 0 Å². The summed E-state index contributed by atoms with van der Waals surface area (Å²) in [5.41, 5.74) is 6.77.